The first-order chi connectivity index (χ1) is 16.3. The van der Waals surface area contributed by atoms with Crippen LogP contribution in [0.5, 0.6) is 5.75 Å². The van der Waals surface area contributed by atoms with Gasteiger partial charge in [0, 0.05) is 42.0 Å². The standard InChI is InChI=1S/C24H23F3N4O2S/c1-33-20-6-2-17(3-7-20)23(32)29-22-14-28-11-10-18(22)15-30-12-13-31(16-30)19-4-8-21(9-5-19)34-24(25,26)27/h2-11,14H,12-13,15-16H2,1H3,(H,29,32). The predicted molar refractivity (Wildman–Crippen MR) is 126 cm³/mol. The molecule has 0 unspecified atom stereocenters. The van der Waals surface area contributed by atoms with Crippen LogP contribution < -0.4 is 15.0 Å². The summed E-state index contributed by atoms with van der Waals surface area (Å²) in [5.74, 6) is 0.433. The summed E-state index contributed by atoms with van der Waals surface area (Å²) in [6.07, 6.45) is 3.31. The Bertz CT molecular complexity index is 1120. The number of hydrogen-bond donors (Lipinski definition) is 1. The molecule has 0 aliphatic carbocycles. The van der Waals surface area contributed by atoms with E-state index < -0.39 is 5.51 Å². The van der Waals surface area contributed by atoms with Gasteiger partial charge < -0.3 is 15.0 Å². The molecule has 1 aromatic heterocycles. The molecule has 2 aromatic carbocycles. The number of halogens is 3. The summed E-state index contributed by atoms with van der Waals surface area (Å²) in [4.78, 5) is 21.3. The van der Waals surface area contributed by atoms with Crippen LogP contribution in [0.4, 0.5) is 24.5 Å². The van der Waals surface area contributed by atoms with Gasteiger partial charge in [-0.25, -0.2) is 0 Å². The number of carbonyl (C=O) groups is 1. The van der Waals surface area contributed by atoms with Gasteiger partial charge in [0.2, 0.25) is 0 Å². The fourth-order valence-corrected chi connectivity index (χ4v) is 4.23. The number of aromatic nitrogens is 1. The Morgan fingerprint density at radius 1 is 1.09 bits per heavy atom. The van der Waals surface area contributed by atoms with Crippen molar-refractivity contribution < 1.29 is 22.7 Å². The number of benzene rings is 2. The summed E-state index contributed by atoms with van der Waals surface area (Å²) in [5.41, 5.74) is -1.35. The highest BCUT2D eigenvalue weighted by Crippen LogP contribution is 2.37. The Morgan fingerprint density at radius 3 is 2.50 bits per heavy atom. The van der Waals surface area contributed by atoms with E-state index in [1.54, 1.807) is 55.9 Å². The van der Waals surface area contributed by atoms with Gasteiger partial charge in [-0.05, 0) is 71.9 Å². The Kier molecular flexibility index (Phi) is 7.28. The Morgan fingerprint density at radius 2 is 1.82 bits per heavy atom. The maximum absolute atomic E-state index is 12.7. The maximum Gasteiger partial charge on any atom is 0.446 e. The highest BCUT2D eigenvalue weighted by Gasteiger charge is 2.29. The topological polar surface area (TPSA) is 57.7 Å². The number of amides is 1. The summed E-state index contributed by atoms with van der Waals surface area (Å²) >= 11 is -0.115. The van der Waals surface area contributed by atoms with E-state index in [0.29, 0.717) is 30.2 Å². The van der Waals surface area contributed by atoms with Gasteiger partial charge in [-0.2, -0.15) is 13.2 Å². The Labute approximate surface area is 199 Å². The van der Waals surface area contributed by atoms with Crippen molar-refractivity contribution in [1.29, 1.82) is 0 Å². The highest BCUT2D eigenvalue weighted by molar-refractivity contribution is 8.00. The second kappa shape index (κ2) is 10.4. The van der Waals surface area contributed by atoms with Gasteiger partial charge in [-0.15, -0.1) is 0 Å². The first-order valence-electron chi connectivity index (χ1n) is 10.5. The molecule has 1 saturated heterocycles. The van der Waals surface area contributed by atoms with Crippen LogP contribution in [0.1, 0.15) is 15.9 Å². The van der Waals surface area contributed by atoms with E-state index >= 15 is 0 Å². The molecule has 0 atom stereocenters. The molecule has 1 fully saturated rings. The van der Waals surface area contributed by atoms with E-state index in [-0.39, 0.29) is 22.6 Å². The third kappa shape index (κ3) is 6.21. The van der Waals surface area contributed by atoms with Crippen LogP contribution in [-0.4, -0.2) is 48.2 Å². The summed E-state index contributed by atoms with van der Waals surface area (Å²) in [6.45, 7) is 2.76. The lowest BCUT2D eigenvalue weighted by molar-refractivity contribution is -0.0328. The number of nitrogens with zero attached hydrogens (tertiary/aromatic N) is 3. The van der Waals surface area contributed by atoms with Gasteiger partial charge in [0.25, 0.3) is 5.91 Å². The molecule has 3 aromatic rings. The van der Waals surface area contributed by atoms with E-state index in [4.69, 9.17) is 4.74 Å². The SMILES string of the molecule is COc1ccc(C(=O)Nc2cnccc2CN2CCN(c3ccc(SC(F)(F)F)cc3)C2)cc1. The van der Waals surface area contributed by atoms with E-state index in [1.807, 2.05) is 6.07 Å². The van der Waals surface area contributed by atoms with Gasteiger partial charge in [-0.1, -0.05) is 0 Å². The average Bonchev–Trinajstić information content (AvgIpc) is 3.28. The fourth-order valence-electron chi connectivity index (χ4n) is 3.69. The van der Waals surface area contributed by atoms with E-state index in [1.165, 1.54) is 12.1 Å². The van der Waals surface area contributed by atoms with E-state index in [9.17, 15) is 18.0 Å². The van der Waals surface area contributed by atoms with Crippen molar-refractivity contribution in [3.8, 4) is 5.75 Å². The quantitative estimate of drug-likeness (QED) is 0.460. The molecular weight excluding hydrogens is 465 g/mol. The molecule has 4 rings (SSSR count). The van der Waals surface area contributed by atoms with Crippen LogP contribution in [0.2, 0.25) is 0 Å². The van der Waals surface area contributed by atoms with Crippen LogP contribution in [0.25, 0.3) is 0 Å². The van der Waals surface area contributed by atoms with Crippen molar-refractivity contribution in [2.24, 2.45) is 0 Å². The summed E-state index contributed by atoms with van der Waals surface area (Å²) < 4.78 is 42.8. The minimum absolute atomic E-state index is 0.115. The van der Waals surface area contributed by atoms with Gasteiger partial charge in [0.15, 0.2) is 0 Å². The molecule has 0 saturated carbocycles. The van der Waals surface area contributed by atoms with Crippen LogP contribution in [0.3, 0.4) is 0 Å². The molecule has 1 aliphatic heterocycles. The van der Waals surface area contributed by atoms with Crippen LogP contribution in [0, 0.1) is 0 Å². The lowest BCUT2D eigenvalue weighted by atomic mass is 10.1. The number of anilines is 2. The smallest absolute Gasteiger partial charge is 0.446 e. The van der Waals surface area contributed by atoms with Gasteiger partial charge in [0.05, 0.1) is 25.7 Å². The lowest BCUT2D eigenvalue weighted by Crippen LogP contribution is -2.25. The normalized spacial score (nSPS) is 14.3. The summed E-state index contributed by atoms with van der Waals surface area (Å²) in [6, 6.07) is 15.1. The first kappa shape index (κ1) is 23.9. The molecule has 6 nitrogen and oxygen atoms in total. The molecule has 0 radical (unpaired) electrons. The number of thioether (sulfide) groups is 1. The number of alkyl halides is 3. The zero-order valence-electron chi connectivity index (χ0n) is 18.4. The third-order valence-corrected chi connectivity index (χ3v) is 6.14. The van der Waals surface area contributed by atoms with Gasteiger partial charge in [-0.3, -0.25) is 14.7 Å². The molecule has 0 spiro atoms. The third-order valence-electron chi connectivity index (χ3n) is 5.40. The molecule has 178 valence electrons. The van der Waals surface area contributed by atoms with Crippen molar-refractivity contribution in [3.05, 3.63) is 78.1 Å². The zero-order chi connectivity index (χ0) is 24.1. The highest BCUT2D eigenvalue weighted by atomic mass is 32.2. The first-order valence-corrected chi connectivity index (χ1v) is 11.3. The lowest BCUT2D eigenvalue weighted by Gasteiger charge is -2.21. The second-order valence-corrected chi connectivity index (χ2v) is 8.85. The second-order valence-electron chi connectivity index (χ2n) is 7.71. The number of rotatable bonds is 7. The van der Waals surface area contributed by atoms with Crippen LogP contribution in [0.15, 0.2) is 71.9 Å². The molecule has 2 heterocycles. The Balaban J connectivity index is 1.38. The fraction of sp³-hybridized carbons (Fsp3) is 0.250. The molecule has 1 amide bonds. The maximum atomic E-state index is 12.7. The van der Waals surface area contributed by atoms with Crippen LogP contribution >= 0.6 is 11.8 Å². The number of nitrogens with one attached hydrogen (secondary N) is 1. The van der Waals surface area contributed by atoms with Gasteiger partial charge >= 0.3 is 5.51 Å². The summed E-state index contributed by atoms with van der Waals surface area (Å²) in [7, 11) is 1.57. The minimum atomic E-state index is -4.29. The van der Waals surface area contributed by atoms with E-state index in [2.05, 4.69) is 20.1 Å². The number of ether oxygens (including phenoxy) is 1. The van der Waals surface area contributed by atoms with Crippen molar-refractivity contribution in [2.75, 3.05) is 37.1 Å². The molecule has 1 aliphatic rings. The molecule has 0 bridgehead atoms. The summed E-state index contributed by atoms with van der Waals surface area (Å²) in [5, 5.41) is 2.93. The average molecular weight is 489 g/mol. The van der Waals surface area contributed by atoms with Crippen molar-refractivity contribution >= 4 is 29.0 Å². The zero-order valence-corrected chi connectivity index (χ0v) is 19.2. The van der Waals surface area contributed by atoms with Crippen molar-refractivity contribution in [3.63, 3.8) is 0 Å². The minimum Gasteiger partial charge on any atom is -0.497 e. The number of methoxy groups -OCH3 is 1. The molecule has 34 heavy (non-hydrogen) atoms. The number of carbonyl (C=O) groups excluding carboxylic acids is 1. The number of hydrogen-bond acceptors (Lipinski definition) is 6. The van der Waals surface area contributed by atoms with Crippen molar-refractivity contribution in [2.45, 2.75) is 16.9 Å². The largest absolute Gasteiger partial charge is 0.497 e. The molecule has 10 heteroatoms. The van der Waals surface area contributed by atoms with Crippen LogP contribution in [-0.2, 0) is 6.54 Å². The molecule has 1 N–H and O–H groups in total. The Hall–Kier alpha value is -3.24. The number of pyridine rings is 1. The van der Waals surface area contributed by atoms with E-state index in [0.717, 1.165) is 24.3 Å². The predicted octanol–water partition coefficient (Wildman–Crippen LogP) is 5.23. The van der Waals surface area contributed by atoms with Gasteiger partial charge in [0.1, 0.15) is 5.75 Å². The van der Waals surface area contributed by atoms with Crippen molar-refractivity contribution in [1.82, 2.24) is 9.88 Å². The molecular formula is C24H23F3N4O2S. The monoisotopic (exact) mass is 488 g/mol.